The van der Waals surface area contributed by atoms with Crippen LogP contribution in [0.2, 0.25) is 0 Å². The molecule has 0 bridgehead atoms. The first kappa shape index (κ1) is 16.2. The topological polar surface area (TPSA) is 58.2 Å². The Kier molecular flexibility index (Phi) is 6.77. The number of unbranched alkanes of at least 4 members (excludes halogenated alkanes) is 1. The first-order valence-electron chi connectivity index (χ1n) is 7.27. The molecule has 1 aromatic rings. The van der Waals surface area contributed by atoms with Crippen LogP contribution in [0.4, 0.5) is 5.69 Å². The van der Waals surface area contributed by atoms with Gasteiger partial charge in [-0.3, -0.25) is 9.59 Å². The number of nitrogens with one attached hydrogen (secondary N) is 2. The van der Waals surface area contributed by atoms with Crippen molar-refractivity contribution in [3.63, 3.8) is 0 Å². The van der Waals surface area contributed by atoms with Crippen molar-refractivity contribution < 1.29 is 9.59 Å². The van der Waals surface area contributed by atoms with Gasteiger partial charge in [0.1, 0.15) is 0 Å². The van der Waals surface area contributed by atoms with Crippen LogP contribution in [0.3, 0.4) is 0 Å². The maximum absolute atomic E-state index is 11.9. The average molecular weight is 276 g/mol. The highest BCUT2D eigenvalue weighted by atomic mass is 16.2. The Morgan fingerprint density at radius 2 is 1.80 bits per heavy atom. The summed E-state index contributed by atoms with van der Waals surface area (Å²) in [6, 6.07) is 7.14. The van der Waals surface area contributed by atoms with Gasteiger partial charge in [-0.05, 0) is 44.0 Å². The molecule has 4 heteroatoms. The number of hydrogen-bond acceptors (Lipinski definition) is 2. The number of rotatable bonds is 7. The van der Waals surface area contributed by atoms with Crippen LogP contribution in [0.25, 0.3) is 0 Å². The zero-order chi connectivity index (χ0) is 15.0. The minimum Gasteiger partial charge on any atom is -0.350 e. The maximum Gasteiger partial charge on any atom is 0.251 e. The smallest absolute Gasteiger partial charge is 0.251 e. The van der Waals surface area contributed by atoms with Crippen LogP contribution in [0, 0.1) is 0 Å². The molecule has 2 amide bonds. The van der Waals surface area contributed by atoms with Crippen molar-refractivity contribution in [3.05, 3.63) is 29.8 Å². The Balaban J connectivity index is 2.55. The summed E-state index contributed by atoms with van der Waals surface area (Å²) in [5.41, 5.74) is 1.34. The van der Waals surface area contributed by atoms with Crippen molar-refractivity contribution in [2.24, 2.45) is 0 Å². The molecule has 0 aliphatic carbocycles. The van der Waals surface area contributed by atoms with Crippen molar-refractivity contribution in [3.8, 4) is 0 Å². The third-order valence-corrected chi connectivity index (χ3v) is 3.18. The lowest BCUT2D eigenvalue weighted by Gasteiger charge is -2.11. The molecule has 0 fully saturated rings. The summed E-state index contributed by atoms with van der Waals surface area (Å²) in [5, 5.41) is 5.73. The molecule has 0 aromatic heterocycles. The first-order chi connectivity index (χ1) is 9.56. The third-order valence-electron chi connectivity index (χ3n) is 3.18. The van der Waals surface area contributed by atoms with Gasteiger partial charge < -0.3 is 10.6 Å². The van der Waals surface area contributed by atoms with Gasteiger partial charge in [0.15, 0.2) is 0 Å². The minimum atomic E-state index is -0.0804. The van der Waals surface area contributed by atoms with Gasteiger partial charge in [-0.1, -0.05) is 20.3 Å². The molecule has 0 saturated heterocycles. The standard InChI is InChI=1S/C16H24N2O2/c1-4-6-7-15(19)18-14-10-8-13(9-11-14)16(20)17-12(3)5-2/h8-12H,4-7H2,1-3H3,(H,17,20)(H,18,19). The summed E-state index contributed by atoms with van der Waals surface area (Å²) >= 11 is 0. The van der Waals surface area contributed by atoms with Gasteiger partial charge in [-0.2, -0.15) is 0 Å². The second-order valence-electron chi connectivity index (χ2n) is 5.01. The van der Waals surface area contributed by atoms with E-state index in [0.717, 1.165) is 24.9 Å². The maximum atomic E-state index is 11.9. The third kappa shape index (κ3) is 5.43. The van der Waals surface area contributed by atoms with Crippen LogP contribution in [0.1, 0.15) is 56.8 Å². The average Bonchev–Trinajstić information content (AvgIpc) is 2.45. The summed E-state index contributed by atoms with van der Waals surface area (Å²) in [6.07, 6.45) is 3.33. The Morgan fingerprint density at radius 3 is 2.35 bits per heavy atom. The number of anilines is 1. The molecule has 1 aromatic carbocycles. The Bertz CT molecular complexity index is 440. The summed E-state index contributed by atoms with van der Waals surface area (Å²) in [5.74, 6) is -0.0631. The molecule has 0 spiro atoms. The minimum absolute atomic E-state index is 0.0173. The SMILES string of the molecule is CCCCC(=O)Nc1ccc(C(=O)NC(C)CC)cc1. The number of carbonyl (C=O) groups is 2. The second kappa shape index (κ2) is 8.35. The summed E-state index contributed by atoms with van der Waals surface area (Å²) < 4.78 is 0. The van der Waals surface area contributed by atoms with Crippen molar-refractivity contribution >= 4 is 17.5 Å². The predicted molar refractivity (Wildman–Crippen MR) is 81.8 cm³/mol. The van der Waals surface area contributed by atoms with Gasteiger partial charge in [0.25, 0.3) is 5.91 Å². The van der Waals surface area contributed by atoms with Crippen LogP contribution in [-0.2, 0) is 4.79 Å². The highest BCUT2D eigenvalue weighted by Crippen LogP contribution is 2.11. The van der Waals surface area contributed by atoms with Crippen LogP contribution < -0.4 is 10.6 Å². The van der Waals surface area contributed by atoms with Crippen molar-refractivity contribution in [2.75, 3.05) is 5.32 Å². The molecular weight excluding hydrogens is 252 g/mol. The van der Waals surface area contributed by atoms with Crippen molar-refractivity contribution in [2.45, 2.75) is 52.5 Å². The predicted octanol–water partition coefficient (Wildman–Crippen LogP) is 3.34. The van der Waals surface area contributed by atoms with E-state index in [1.165, 1.54) is 0 Å². The highest BCUT2D eigenvalue weighted by Gasteiger charge is 2.08. The fraction of sp³-hybridized carbons (Fsp3) is 0.500. The van der Waals surface area contributed by atoms with E-state index in [-0.39, 0.29) is 17.9 Å². The van der Waals surface area contributed by atoms with Gasteiger partial charge in [0.05, 0.1) is 0 Å². The first-order valence-corrected chi connectivity index (χ1v) is 7.27. The number of carbonyl (C=O) groups excluding carboxylic acids is 2. The Hall–Kier alpha value is -1.84. The largest absolute Gasteiger partial charge is 0.350 e. The van der Waals surface area contributed by atoms with E-state index in [1.54, 1.807) is 24.3 Å². The lowest BCUT2D eigenvalue weighted by molar-refractivity contribution is -0.116. The lowest BCUT2D eigenvalue weighted by Crippen LogP contribution is -2.31. The van der Waals surface area contributed by atoms with E-state index in [0.29, 0.717) is 12.0 Å². The van der Waals surface area contributed by atoms with Gasteiger partial charge >= 0.3 is 0 Å². The van der Waals surface area contributed by atoms with E-state index in [1.807, 2.05) is 13.8 Å². The van der Waals surface area contributed by atoms with Crippen LogP contribution >= 0.6 is 0 Å². The molecule has 0 saturated carbocycles. The fourth-order valence-corrected chi connectivity index (χ4v) is 1.67. The van der Waals surface area contributed by atoms with Crippen molar-refractivity contribution in [1.29, 1.82) is 0 Å². The van der Waals surface area contributed by atoms with Crippen LogP contribution in [0.5, 0.6) is 0 Å². The van der Waals surface area contributed by atoms with E-state index in [9.17, 15) is 9.59 Å². The van der Waals surface area contributed by atoms with E-state index < -0.39 is 0 Å². The Labute approximate surface area is 121 Å². The van der Waals surface area contributed by atoms with E-state index in [4.69, 9.17) is 0 Å². The van der Waals surface area contributed by atoms with E-state index >= 15 is 0 Å². The monoisotopic (exact) mass is 276 g/mol. The molecule has 110 valence electrons. The molecule has 20 heavy (non-hydrogen) atoms. The zero-order valence-corrected chi connectivity index (χ0v) is 12.5. The molecule has 4 nitrogen and oxygen atoms in total. The zero-order valence-electron chi connectivity index (χ0n) is 12.5. The van der Waals surface area contributed by atoms with Gasteiger partial charge in [0.2, 0.25) is 5.91 Å². The number of amides is 2. The molecule has 1 rings (SSSR count). The molecule has 0 aliphatic heterocycles. The molecule has 0 aliphatic rings. The van der Waals surface area contributed by atoms with Gasteiger partial charge in [-0.25, -0.2) is 0 Å². The molecule has 1 unspecified atom stereocenters. The molecule has 0 heterocycles. The molecular formula is C16H24N2O2. The number of hydrogen-bond donors (Lipinski definition) is 2. The second-order valence-corrected chi connectivity index (χ2v) is 5.01. The molecule has 1 atom stereocenters. The summed E-state index contributed by atoms with van der Waals surface area (Å²) in [7, 11) is 0. The number of benzene rings is 1. The van der Waals surface area contributed by atoms with Crippen LogP contribution in [-0.4, -0.2) is 17.9 Å². The lowest BCUT2D eigenvalue weighted by atomic mass is 10.1. The summed E-state index contributed by atoms with van der Waals surface area (Å²) in [4.78, 5) is 23.5. The molecule has 2 N–H and O–H groups in total. The highest BCUT2D eigenvalue weighted by molar-refractivity contribution is 5.95. The quantitative estimate of drug-likeness (QED) is 0.802. The van der Waals surface area contributed by atoms with Crippen LogP contribution in [0.15, 0.2) is 24.3 Å². The normalized spacial score (nSPS) is 11.8. The van der Waals surface area contributed by atoms with Gasteiger partial charge in [-0.15, -0.1) is 0 Å². The summed E-state index contributed by atoms with van der Waals surface area (Å²) in [6.45, 7) is 6.05. The Morgan fingerprint density at radius 1 is 1.15 bits per heavy atom. The van der Waals surface area contributed by atoms with E-state index in [2.05, 4.69) is 17.6 Å². The van der Waals surface area contributed by atoms with Gasteiger partial charge in [0, 0.05) is 23.7 Å². The van der Waals surface area contributed by atoms with Crippen molar-refractivity contribution in [1.82, 2.24) is 5.32 Å². The molecule has 0 radical (unpaired) electrons. The fourth-order valence-electron chi connectivity index (χ4n) is 1.67.